The summed E-state index contributed by atoms with van der Waals surface area (Å²) < 4.78 is 10.9. The van der Waals surface area contributed by atoms with Crippen LogP contribution in [-0.4, -0.2) is 64.2 Å². The quantitative estimate of drug-likeness (QED) is 0.309. The number of hydrogen-bond acceptors (Lipinski definition) is 5. The van der Waals surface area contributed by atoms with Gasteiger partial charge >= 0.3 is 0 Å². The number of rotatable bonds is 7. The number of halogens is 1. The molecule has 0 saturated carbocycles. The van der Waals surface area contributed by atoms with Crippen LogP contribution in [0.4, 0.5) is 0 Å². The summed E-state index contributed by atoms with van der Waals surface area (Å²) >= 11 is 1.86. The largest absolute Gasteiger partial charge is 0.497 e. The molecule has 0 amide bonds. The van der Waals surface area contributed by atoms with Gasteiger partial charge in [-0.1, -0.05) is 6.07 Å². The average Bonchev–Trinajstić information content (AvgIpc) is 3.28. The number of hydrogen-bond donors (Lipinski definition) is 1. The maximum absolute atomic E-state index is 5.55. The van der Waals surface area contributed by atoms with E-state index in [2.05, 4.69) is 51.7 Å². The Morgan fingerprint density at radius 1 is 1.29 bits per heavy atom. The summed E-state index contributed by atoms with van der Waals surface area (Å²) in [6.07, 6.45) is 2.47. The Morgan fingerprint density at radius 3 is 2.74 bits per heavy atom. The van der Waals surface area contributed by atoms with E-state index in [9.17, 15) is 0 Å². The lowest BCUT2D eigenvalue weighted by atomic mass is 9.88. The second kappa shape index (κ2) is 12.5. The molecule has 1 saturated heterocycles. The first-order chi connectivity index (χ1) is 14.6. The summed E-state index contributed by atoms with van der Waals surface area (Å²) in [5.74, 6) is 3.07. The van der Waals surface area contributed by atoms with Gasteiger partial charge in [0.15, 0.2) is 5.96 Å². The number of likely N-dealkylation sites (tertiary alicyclic amines) is 1. The molecule has 2 unspecified atom stereocenters. The molecule has 3 rings (SSSR count). The van der Waals surface area contributed by atoms with Gasteiger partial charge in [0.25, 0.3) is 0 Å². The molecule has 0 aliphatic carbocycles. The molecule has 1 fully saturated rings. The number of aliphatic imine (C=N–C) groups is 1. The van der Waals surface area contributed by atoms with Crippen LogP contribution in [0.5, 0.6) is 11.5 Å². The highest BCUT2D eigenvalue weighted by Gasteiger charge is 2.31. The monoisotopic (exact) mass is 558 g/mol. The summed E-state index contributed by atoms with van der Waals surface area (Å²) in [6.45, 7) is 2.76. The molecular weight excluding hydrogens is 523 g/mol. The van der Waals surface area contributed by atoms with Crippen molar-refractivity contribution in [3.63, 3.8) is 0 Å². The Bertz CT molecular complexity index is 831. The highest BCUT2D eigenvalue weighted by atomic mass is 127. The molecule has 1 aliphatic rings. The predicted molar refractivity (Wildman–Crippen MR) is 140 cm³/mol. The summed E-state index contributed by atoms with van der Waals surface area (Å²) in [5, 5.41) is 5.80. The van der Waals surface area contributed by atoms with E-state index in [1.807, 2.05) is 36.6 Å². The zero-order valence-electron chi connectivity index (χ0n) is 19.1. The summed E-state index contributed by atoms with van der Waals surface area (Å²) in [6, 6.07) is 10.8. The molecular formula is C23H35IN4O2S. The van der Waals surface area contributed by atoms with Crippen LogP contribution in [0.1, 0.15) is 29.3 Å². The Morgan fingerprint density at radius 2 is 2.10 bits per heavy atom. The van der Waals surface area contributed by atoms with Crippen LogP contribution < -0.4 is 14.8 Å². The molecule has 1 aliphatic heterocycles. The van der Waals surface area contributed by atoms with Gasteiger partial charge in [0.05, 0.1) is 14.2 Å². The highest BCUT2D eigenvalue weighted by Crippen LogP contribution is 2.36. The van der Waals surface area contributed by atoms with Crippen LogP contribution in [0.2, 0.25) is 0 Å². The van der Waals surface area contributed by atoms with Crippen molar-refractivity contribution in [2.24, 2.45) is 10.9 Å². The molecule has 2 heterocycles. The third-order valence-electron chi connectivity index (χ3n) is 5.84. The number of methoxy groups -OCH3 is 2. The SMILES string of the molecule is CN=C(NCC1CCCN(C)C1c1cccs1)N(C)Cc1ccc(OC)cc1OC.I. The number of nitrogens with one attached hydrogen (secondary N) is 1. The number of ether oxygens (including phenoxy) is 2. The fourth-order valence-corrected chi connectivity index (χ4v) is 5.29. The number of nitrogens with zero attached hydrogens (tertiary/aromatic N) is 3. The van der Waals surface area contributed by atoms with Crippen LogP contribution in [0.25, 0.3) is 0 Å². The summed E-state index contributed by atoms with van der Waals surface area (Å²) in [5.41, 5.74) is 1.10. The van der Waals surface area contributed by atoms with Gasteiger partial charge < -0.3 is 19.7 Å². The Labute approximate surface area is 207 Å². The van der Waals surface area contributed by atoms with E-state index in [0.29, 0.717) is 18.5 Å². The summed E-state index contributed by atoms with van der Waals surface area (Å²) in [4.78, 5) is 10.6. The molecule has 0 spiro atoms. The van der Waals surface area contributed by atoms with Gasteiger partial charge in [-0.3, -0.25) is 9.89 Å². The van der Waals surface area contributed by atoms with Crippen molar-refractivity contribution in [3.8, 4) is 11.5 Å². The van der Waals surface area contributed by atoms with Gasteiger partial charge in [-0.2, -0.15) is 0 Å². The zero-order valence-corrected chi connectivity index (χ0v) is 22.3. The van der Waals surface area contributed by atoms with E-state index >= 15 is 0 Å². The van der Waals surface area contributed by atoms with Crippen molar-refractivity contribution < 1.29 is 9.47 Å². The van der Waals surface area contributed by atoms with Gasteiger partial charge in [-0.05, 0) is 55.9 Å². The molecule has 1 aromatic heterocycles. The fraction of sp³-hybridized carbons (Fsp3) is 0.522. The van der Waals surface area contributed by atoms with Crippen molar-refractivity contribution in [1.82, 2.24) is 15.1 Å². The highest BCUT2D eigenvalue weighted by molar-refractivity contribution is 14.0. The molecule has 0 radical (unpaired) electrons. The third kappa shape index (κ3) is 6.49. The van der Waals surface area contributed by atoms with Crippen molar-refractivity contribution in [1.29, 1.82) is 0 Å². The molecule has 8 heteroatoms. The number of piperidine rings is 1. The smallest absolute Gasteiger partial charge is 0.193 e. The third-order valence-corrected chi connectivity index (χ3v) is 6.78. The van der Waals surface area contributed by atoms with Crippen LogP contribution >= 0.6 is 35.3 Å². The number of benzene rings is 1. The molecule has 2 atom stereocenters. The van der Waals surface area contributed by atoms with E-state index in [1.165, 1.54) is 17.7 Å². The first kappa shape index (κ1) is 25.7. The first-order valence-electron chi connectivity index (χ1n) is 10.4. The van der Waals surface area contributed by atoms with E-state index in [1.54, 1.807) is 14.2 Å². The van der Waals surface area contributed by atoms with Gasteiger partial charge in [-0.25, -0.2) is 0 Å². The second-order valence-corrected chi connectivity index (χ2v) is 8.78. The van der Waals surface area contributed by atoms with Gasteiger partial charge in [-0.15, -0.1) is 35.3 Å². The molecule has 1 N–H and O–H groups in total. The molecule has 2 aromatic rings. The van der Waals surface area contributed by atoms with Crippen molar-refractivity contribution >= 4 is 41.3 Å². The van der Waals surface area contributed by atoms with Crippen LogP contribution in [0.3, 0.4) is 0 Å². The van der Waals surface area contributed by atoms with Crippen molar-refractivity contribution in [2.75, 3.05) is 48.5 Å². The first-order valence-corrected chi connectivity index (χ1v) is 11.3. The lowest BCUT2D eigenvalue weighted by Crippen LogP contribution is -2.45. The lowest BCUT2D eigenvalue weighted by molar-refractivity contribution is 0.124. The van der Waals surface area contributed by atoms with Crippen LogP contribution in [-0.2, 0) is 6.54 Å². The maximum Gasteiger partial charge on any atom is 0.193 e. The van der Waals surface area contributed by atoms with Crippen LogP contribution in [0.15, 0.2) is 40.7 Å². The molecule has 6 nitrogen and oxygen atoms in total. The maximum atomic E-state index is 5.55. The molecule has 172 valence electrons. The number of guanidine groups is 1. The minimum absolute atomic E-state index is 0. The minimum Gasteiger partial charge on any atom is -0.497 e. The Kier molecular flexibility index (Phi) is 10.4. The van der Waals surface area contributed by atoms with Crippen LogP contribution in [0, 0.1) is 5.92 Å². The average molecular weight is 559 g/mol. The number of thiophene rings is 1. The summed E-state index contributed by atoms with van der Waals surface area (Å²) in [7, 11) is 9.50. The normalized spacial score (nSPS) is 19.5. The lowest BCUT2D eigenvalue weighted by Gasteiger charge is -2.39. The molecule has 31 heavy (non-hydrogen) atoms. The van der Waals surface area contributed by atoms with E-state index in [-0.39, 0.29) is 24.0 Å². The molecule has 1 aromatic carbocycles. The molecule has 0 bridgehead atoms. The van der Waals surface area contributed by atoms with Crippen molar-refractivity contribution in [2.45, 2.75) is 25.4 Å². The fourth-order valence-electron chi connectivity index (χ4n) is 4.30. The standard InChI is InChI=1S/C23H34N4O2S.HI/c1-24-23(27(3)16-18-10-11-19(28-4)14-20(18)29-5)25-15-17-8-6-12-26(2)22(17)21-9-7-13-30-21;/h7,9-11,13-14,17,22H,6,8,12,15-16H2,1-5H3,(H,24,25);1H. The Balaban J connectivity index is 0.00000341. The van der Waals surface area contributed by atoms with E-state index < -0.39 is 0 Å². The van der Waals surface area contributed by atoms with E-state index in [0.717, 1.165) is 36.1 Å². The minimum atomic E-state index is 0. The zero-order chi connectivity index (χ0) is 21.5. The second-order valence-electron chi connectivity index (χ2n) is 7.81. The predicted octanol–water partition coefficient (Wildman–Crippen LogP) is 4.47. The Hall–Kier alpha value is -1.52. The topological polar surface area (TPSA) is 49.3 Å². The van der Waals surface area contributed by atoms with E-state index in [4.69, 9.17) is 9.47 Å². The van der Waals surface area contributed by atoms with Gasteiger partial charge in [0.1, 0.15) is 11.5 Å². The van der Waals surface area contributed by atoms with Gasteiger partial charge in [0.2, 0.25) is 0 Å². The van der Waals surface area contributed by atoms with Crippen molar-refractivity contribution in [3.05, 3.63) is 46.2 Å². The van der Waals surface area contributed by atoms with Gasteiger partial charge in [0, 0.05) is 49.7 Å².